The summed E-state index contributed by atoms with van der Waals surface area (Å²) in [5.41, 5.74) is 4.80. The number of ether oxygens (including phenoxy) is 2. The SMILES string of the molecule is O=C(NS(=O)(=O)c1cnc(NCC2CCOCC2)c([N+](=O)[O-])c1)c1ccc(N2CCC3(CC2)CC(N2CCC4CC42c2ccccc2C2CC2)C3)cc1Oc1cnc2[nH]ccc2c1. The monoisotopic (exact) mass is 872 g/mol. The van der Waals surface area contributed by atoms with Gasteiger partial charge in [0, 0.05) is 73.8 Å². The number of nitro groups is 1. The quantitative estimate of drug-likeness (QED) is 0.0770. The van der Waals surface area contributed by atoms with E-state index in [1.807, 2.05) is 12.1 Å². The van der Waals surface area contributed by atoms with Gasteiger partial charge in [-0.05, 0) is 129 Å². The summed E-state index contributed by atoms with van der Waals surface area (Å²) in [7, 11) is -4.60. The zero-order chi connectivity index (χ0) is 42.9. The Kier molecular flexibility index (Phi) is 9.95. The number of piperidine rings is 2. The Bertz CT molecular complexity index is 2700. The summed E-state index contributed by atoms with van der Waals surface area (Å²) in [6, 6.07) is 19.7. The molecule has 3 aliphatic carbocycles. The Morgan fingerprint density at radius 3 is 2.54 bits per heavy atom. The molecule has 2 aromatic carbocycles. The van der Waals surface area contributed by atoms with Crippen molar-refractivity contribution >= 4 is 44.2 Å². The van der Waals surface area contributed by atoms with Gasteiger partial charge in [-0.15, -0.1) is 0 Å². The molecule has 3 saturated heterocycles. The van der Waals surface area contributed by atoms with E-state index in [0.717, 1.165) is 73.9 Å². The predicted octanol–water partition coefficient (Wildman–Crippen LogP) is 7.86. The van der Waals surface area contributed by atoms with Crippen LogP contribution in [0.25, 0.3) is 11.0 Å². The van der Waals surface area contributed by atoms with Crippen LogP contribution >= 0.6 is 0 Å². The van der Waals surface area contributed by atoms with E-state index >= 15 is 0 Å². The van der Waals surface area contributed by atoms with Crippen LogP contribution in [0.15, 0.2) is 84.1 Å². The average Bonchev–Trinajstić information content (AvgIpc) is 4.18. The molecule has 3 saturated carbocycles. The zero-order valence-corrected chi connectivity index (χ0v) is 35.9. The van der Waals surface area contributed by atoms with Crippen LogP contribution in [0, 0.1) is 27.4 Å². The summed E-state index contributed by atoms with van der Waals surface area (Å²) in [4.78, 5) is 41.6. The van der Waals surface area contributed by atoms with Crippen molar-refractivity contribution in [3.63, 3.8) is 0 Å². The highest BCUT2D eigenvalue weighted by Crippen LogP contribution is 2.67. The lowest BCUT2D eigenvalue weighted by atomic mass is 9.59. The Hall–Kier alpha value is -5.58. The van der Waals surface area contributed by atoms with Gasteiger partial charge in [0.15, 0.2) is 0 Å². The van der Waals surface area contributed by atoms with Gasteiger partial charge in [0.25, 0.3) is 15.9 Å². The molecular weight excluding hydrogens is 821 g/mol. The van der Waals surface area contributed by atoms with Gasteiger partial charge in [-0.1, -0.05) is 24.3 Å². The molecule has 3 aromatic heterocycles. The number of rotatable bonds is 13. The fourth-order valence-electron chi connectivity index (χ4n) is 11.3. The number of fused-ring (bicyclic) bond motifs is 2. The largest absolute Gasteiger partial charge is 0.455 e. The first-order chi connectivity index (χ1) is 30.6. The third-order valence-corrected chi connectivity index (χ3v) is 16.3. The number of pyridine rings is 2. The summed E-state index contributed by atoms with van der Waals surface area (Å²) in [5.74, 6) is 1.31. The Labute approximate surface area is 366 Å². The highest BCUT2D eigenvalue weighted by molar-refractivity contribution is 7.90. The lowest BCUT2D eigenvalue weighted by molar-refractivity contribution is -0.384. The summed E-state index contributed by atoms with van der Waals surface area (Å²) in [6.07, 6.45) is 15.8. The summed E-state index contributed by atoms with van der Waals surface area (Å²) >= 11 is 0. The second kappa shape index (κ2) is 15.6. The molecule has 15 nitrogen and oxygen atoms in total. The molecule has 63 heavy (non-hydrogen) atoms. The first-order valence-electron chi connectivity index (χ1n) is 22.5. The number of benzene rings is 2. The van der Waals surface area contributed by atoms with Gasteiger partial charge in [0.05, 0.1) is 22.9 Å². The van der Waals surface area contributed by atoms with E-state index in [2.05, 4.69) is 59.1 Å². The van der Waals surface area contributed by atoms with Crippen LogP contribution in [0.1, 0.15) is 91.6 Å². The summed E-state index contributed by atoms with van der Waals surface area (Å²) in [6.45, 7) is 4.57. The number of hydrogen-bond donors (Lipinski definition) is 3. The number of hydrogen-bond acceptors (Lipinski definition) is 12. The number of nitrogens with zero attached hydrogens (tertiary/aromatic N) is 5. The molecule has 0 radical (unpaired) electrons. The van der Waals surface area contributed by atoms with Crippen molar-refractivity contribution in [2.45, 2.75) is 86.6 Å². The average molecular weight is 873 g/mol. The zero-order valence-electron chi connectivity index (χ0n) is 35.1. The molecular formula is C47H52N8O7S. The van der Waals surface area contributed by atoms with Gasteiger partial charge in [-0.25, -0.2) is 23.1 Å². The number of sulfonamides is 1. The first-order valence-corrected chi connectivity index (χ1v) is 24.0. The molecule has 0 bridgehead atoms. The number of aromatic amines is 1. The normalized spacial score (nSPS) is 23.6. The molecule has 2 atom stereocenters. The number of H-pyrrole nitrogens is 1. The van der Waals surface area contributed by atoms with Gasteiger partial charge in [0.2, 0.25) is 5.82 Å². The van der Waals surface area contributed by atoms with Crippen molar-refractivity contribution in [2.75, 3.05) is 49.6 Å². The lowest BCUT2D eigenvalue weighted by Gasteiger charge is -2.56. The maximum Gasteiger partial charge on any atom is 0.312 e. The Morgan fingerprint density at radius 2 is 1.76 bits per heavy atom. The van der Waals surface area contributed by atoms with E-state index in [9.17, 15) is 23.3 Å². The van der Waals surface area contributed by atoms with Crippen molar-refractivity contribution in [3.05, 3.63) is 106 Å². The lowest BCUT2D eigenvalue weighted by Crippen LogP contribution is -2.56. The first kappa shape index (κ1) is 40.2. The van der Waals surface area contributed by atoms with E-state index in [1.54, 1.807) is 41.7 Å². The van der Waals surface area contributed by atoms with E-state index in [-0.39, 0.29) is 28.6 Å². The molecule has 6 aliphatic rings. The van der Waals surface area contributed by atoms with Crippen molar-refractivity contribution in [3.8, 4) is 11.5 Å². The smallest absolute Gasteiger partial charge is 0.312 e. The number of aromatic nitrogens is 3. The van der Waals surface area contributed by atoms with Gasteiger partial charge >= 0.3 is 5.69 Å². The number of amides is 1. The molecule has 1 spiro atoms. The second-order valence-corrected chi connectivity index (χ2v) is 20.4. The van der Waals surface area contributed by atoms with Crippen molar-refractivity contribution in [1.29, 1.82) is 0 Å². The third kappa shape index (κ3) is 7.48. The van der Waals surface area contributed by atoms with Crippen LogP contribution in [0.4, 0.5) is 17.2 Å². The van der Waals surface area contributed by atoms with Crippen LogP contribution in [0.5, 0.6) is 11.5 Å². The summed E-state index contributed by atoms with van der Waals surface area (Å²) < 4.78 is 41.2. The molecule has 2 unspecified atom stereocenters. The van der Waals surface area contributed by atoms with E-state index in [1.165, 1.54) is 45.1 Å². The minimum absolute atomic E-state index is 0.0230. The van der Waals surface area contributed by atoms with E-state index < -0.39 is 31.4 Å². The topological polar surface area (TPSA) is 185 Å². The number of carbonyl (C=O) groups excluding carboxylic acids is 1. The maximum atomic E-state index is 13.9. The molecule has 11 rings (SSSR count). The predicted molar refractivity (Wildman–Crippen MR) is 237 cm³/mol. The molecule has 328 valence electrons. The minimum Gasteiger partial charge on any atom is -0.455 e. The van der Waals surface area contributed by atoms with Crippen LogP contribution < -0.4 is 19.7 Å². The van der Waals surface area contributed by atoms with Gasteiger partial charge in [-0.3, -0.25) is 19.8 Å². The van der Waals surface area contributed by atoms with Gasteiger partial charge in [-0.2, -0.15) is 0 Å². The Morgan fingerprint density at radius 1 is 0.952 bits per heavy atom. The van der Waals surface area contributed by atoms with E-state index in [0.29, 0.717) is 42.6 Å². The highest BCUT2D eigenvalue weighted by atomic mass is 32.2. The number of nitrogens with one attached hydrogen (secondary N) is 3. The maximum absolute atomic E-state index is 13.9. The molecule has 5 aromatic rings. The van der Waals surface area contributed by atoms with Crippen molar-refractivity contribution < 1.29 is 27.6 Å². The van der Waals surface area contributed by atoms with Crippen LogP contribution in [-0.2, 0) is 20.3 Å². The Balaban J connectivity index is 0.795. The molecule has 3 N–H and O–H groups in total. The molecule has 6 heterocycles. The molecule has 1 amide bonds. The molecule has 3 aliphatic heterocycles. The standard InChI is InChI=1S/C47H52N8O7S/c56-45(52-63(59,60)37-23-41(55(57)58)44(51-29-37)49-27-30-11-19-61-20-12-30)39-8-7-34(22-42(39)62-36-21-32-9-15-48-43(32)50-28-36)53-17-13-46(14-18-53)25-35(26-46)54-16-10-33-24-47(33,54)40-4-2-1-3-38(40)31-5-6-31/h1-4,7-9,15,21-23,28-31,33,35H,5-6,10-14,16-20,24-27H2,(H,48,50)(H,49,51)(H,52,56). The van der Waals surface area contributed by atoms with Crippen molar-refractivity contribution in [1.82, 2.24) is 24.6 Å². The van der Waals surface area contributed by atoms with Crippen LogP contribution in [0.3, 0.4) is 0 Å². The number of carbonyl (C=O) groups is 1. The van der Waals surface area contributed by atoms with Gasteiger partial charge in [0.1, 0.15) is 22.0 Å². The van der Waals surface area contributed by atoms with Crippen LogP contribution in [-0.4, -0.2) is 84.5 Å². The van der Waals surface area contributed by atoms with Crippen LogP contribution in [0.2, 0.25) is 0 Å². The third-order valence-electron chi connectivity index (χ3n) is 15.0. The van der Waals surface area contributed by atoms with Crippen molar-refractivity contribution in [2.24, 2.45) is 17.3 Å². The minimum atomic E-state index is -4.60. The van der Waals surface area contributed by atoms with Gasteiger partial charge < -0.3 is 24.7 Å². The highest BCUT2D eigenvalue weighted by Gasteiger charge is 2.67. The number of likely N-dealkylation sites (tertiary alicyclic amines) is 1. The molecule has 6 fully saturated rings. The van der Waals surface area contributed by atoms with E-state index in [4.69, 9.17) is 9.47 Å². The summed E-state index contributed by atoms with van der Waals surface area (Å²) in [5, 5.41) is 15.9. The fraction of sp³-hybridized carbons (Fsp3) is 0.468. The molecule has 16 heteroatoms. The second-order valence-electron chi connectivity index (χ2n) is 18.8. The number of anilines is 2. The fourth-order valence-corrected chi connectivity index (χ4v) is 12.2.